The molecular weight excluding hydrogens is 384 g/mol. The van der Waals surface area contributed by atoms with Gasteiger partial charge in [-0.2, -0.15) is 0 Å². The van der Waals surface area contributed by atoms with Gasteiger partial charge in [-0.3, -0.25) is 4.79 Å². The predicted octanol–water partition coefficient (Wildman–Crippen LogP) is 5.10. The first kappa shape index (κ1) is 16.4. The number of carbonyl (C=O) groups is 1. The number of hydrogen-bond acceptors (Lipinski definition) is 2. The highest BCUT2D eigenvalue weighted by Gasteiger charge is 2.23. The van der Waals surface area contributed by atoms with E-state index in [0.717, 1.165) is 17.0 Å². The third-order valence-electron chi connectivity index (χ3n) is 2.87. The molecule has 112 valence electrons. The summed E-state index contributed by atoms with van der Waals surface area (Å²) in [5.41, 5.74) is -0.539. The van der Waals surface area contributed by atoms with Gasteiger partial charge in [0.05, 0.1) is 10.9 Å². The highest BCUT2D eigenvalue weighted by Crippen LogP contribution is 2.25. The van der Waals surface area contributed by atoms with E-state index in [1.165, 1.54) is 16.2 Å². The second-order valence-corrected chi connectivity index (χ2v) is 6.98. The fraction of sp³-hybridized carbons (Fsp3) is 0.214. The molecular formula is C14H11BrClF2NOS. The zero-order chi connectivity index (χ0) is 15.6. The SMILES string of the molecule is CCN(Cc1ccc(Cl)s1)C(=O)c1c(F)cc(Br)cc1F. The summed E-state index contributed by atoms with van der Waals surface area (Å²) in [6, 6.07) is 5.66. The van der Waals surface area contributed by atoms with Gasteiger partial charge in [0.15, 0.2) is 0 Å². The van der Waals surface area contributed by atoms with Crippen molar-refractivity contribution in [3.8, 4) is 0 Å². The molecule has 0 bridgehead atoms. The van der Waals surface area contributed by atoms with E-state index in [4.69, 9.17) is 11.6 Å². The number of amides is 1. The van der Waals surface area contributed by atoms with E-state index in [9.17, 15) is 13.6 Å². The molecule has 0 N–H and O–H groups in total. The molecule has 0 aliphatic heterocycles. The maximum atomic E-state index is 13.9. The predicted molar refractivity (Wildman–Crippen MR) is 83.8 cm³/mol. The van der Waals surface area contributed by atoms with Crippen molar-refractivity contribution in [2.75, 3.05) is 6.54 Å². The first-order valence-electron chi connectivity index (χ1n) is 6.10. The molecule has 1 amide bonds. The highest BCUT2D eigenvalue weighted by molar-refractivity contribution is 9.10. The number of thiophene rings is 1. The average molecular weight is 395 g/mol. The van der Waals surface area contributed by atoms with Gasteiger partial charge in [-0.25, -0.2) is 8.78 Å². The Balaban J connectivity index is 2.28. The summed E-state index contributed by atoms with van der Waals surface area (Å²) in [5.74, 6) is -2.44. The summed E-state index contributed by atoms with van der Waals surface area (Å²) >= 11 is 10.2. The van der Waals surface area contributed by atoms with Gasteiger partial charge in [-0.1, -0.05) is 27.5 Å². The molecule has 1 aromatic carbocycles. The van der Waals surface area contributed by atoms with Crippen LogP contribution in [-0.2, 0) is 6.54 Å². The minimum absolute atomic E-state index is 0.252. The van der Waals surface area contributed by atoms with Crippen LogP contribution in [0.3, 0.4) is 0 Å². The molecule has 1 aromatic heterocycles. The molecule has 0 unspecified atom stereocenters. The molecule has 0 aliphatic rings. The lowest BCUT2D eigenvalue weighted by Crippen LogP contribution is -2.31. The van der Waals surface area contributed by atoms with Crippen molar-refractivity contribution < 1.29 is 13.6 Å². The van der Waals surface area contributed by atoms with Gasteiger partial charge in [0.2, 0.25) is 0 Å². The van der Waals surface area contributed by atoms with E-state index < -0.39 is 23.1 Å². The smallest absolute Gasteiger partial charge is 0.260 e. The number of carbonyl (C=O) groups excluding carboxylic acids is 1. The molecule has 0 atom stereocenters. The summed E-state index contributed by atoms with van der Waals surface area (Å²) in [5, 5.41) is 0. The number of benzene rings is 1. The Morgan fingerprint density at radius 2 is 1.95 bits per heavy atom. The van der Waals surface area contributed by atoms with E-state index in [1.54, 1.807) is 19.1 Å². The topological polar surface area (TPSA) is 20.3 Å². The summed E-state index contributed by atoms with van der Waals surface area (Å²) in [6.45, 7) is 2.35. The maximum absolute atomic E-state index is 13.9. The van der Waals surface area contributed by atoms with Crippen molar-refractivity contribution in [1.29, 1.82) is 0 Å². The Kier molecular flexibility index (Phi) is 5.35. The van der Waals surface area contributed by atoms with Gasteiger partial charge in [-0.15, -0.1) is 11.3 Å². The average Bonchev–Trinajstić information content (AvgIpc) is 2.80. The first-order valence-corrected chi connectivity index (χ1v) is 8.09. The number of rotatable bonds is 4. The van der Waals surface area contributed by atoms with Gasteiger partial charge in [0.1, 0.15) is 17.2 Å². The van der Waals surface area contributed by atoms with Gasteiger partial charge in [0.25, 0.3) is 5.91 Å². The van der Waals surface area contributed by atoms with Gasteiger partial charge in [-0.05, 0) is 31.2 Å². The Morgan fingerprint density at radius 1 is 1.33 bits per heavy atom. The molecule has 0 saturated heterocycles. The van der Waals surface area contributed by atoms with Crippen LogP contribution in [0.2, 0.25) is 4.34 Å². The third-order valence-corrected chi connectivity index (χ3v) is 4.54. The second kappa shape index (κ2) is 6.85. The van der Waals surface area contributed by atoms with Gasteiger partial charge < -0.3 is 4.90 Å². The van der Waals surface area contributed by atoms with Crippen molar-refractivity contribution in [3.63, 3.8) is 0 Å². The Hall–Kier alpha value is -0.980. The van der Waals surface area contributed by atoms with Crippen molar-refractivity contribution in [2.45, 2.75) is 13.5 Å². The molecule has 0 aliphatic carbocycles. The van der Waals surface area contributed by atoms with E-state index in [0.29, 0.717) is 10.9 Å². The summed E-state index contributed by atoms with van der Waals surface area (Å²) in [4.78, 5) is 14.6. The van der Waals surface area contributed by atoms with Crippen LogP contribution in [0.5, 0.6) is 0 Å². The molecule has 0 fully saturated rings. The number of nitrogens with zero attached hydrogens (tertiary/aromatic N) is 1. The molecule has 2 rings (SSSR count). The normalized spacial score (nSPS) is 10.7. The van der Waals surface area contributed by atoms with E-state index in [2.05, 4.69) is 15.9 Å². The standard InChI is InChI=1S/C14H11BrClF2NOS/c1-2-19(7-9-3-4-12(16)21-9)14(20)13-10(17)5-8(15)6-11(13)18/h3-6H,2,7H2,1H3. The number of halogens is 4. The van der Waals surface area contributed by atoms with Gasteiger partial charge in [0, 0.05) is 15.9 Å². The van der Waals surface area contributed by atoms with E-state index in [1.807, 2.05) is 0 Å². The summed E-state index contributed by atoms with van der Waals surface area (Å²) < 4.78 is 28.6. The zero-order valence-electron chi connectivity index (χ0n) is 11.0. The molecule has 2 aromatic rings. The van der Waals surface area contributed by atoms with Crippen LogP contribution < -0.4 is 0 Å². The Labute approximate surface area is 138 Å². The number of hydrogen-bond donors (Lipinski definition) is 0. The molecule has 0 saturated carbocycles. The first-order chi connectivity index (χ1) is 9.92. The van der Waals surface area contributed by atoms with Crippen molar-refractivity contribution in [2.24, 2.45) is 0 Å². The second-order valence-electron chi connectivity index (χ2n) is 4.27. The van der Waals surface area contributed by atoms with Crippen LogP contribution in [0, 0.1) is 11.6 Å². The molecule has 2 nitrogen and oxygen atoms in total. The molecule has 0 radical (unpaired) electrons. The van der Waals surface area contributed by atoms with Crippen molar-refractivity contribution >= 4 is 44.8 Å². The largest absolute Gasteiger partial charge is 0.334 e. The van der Waals surface area contributed by atoms with Crippen molar-refractivity contribution in [1.82, 2.24) is 4.90 Å². The van der Waals surface area contributed by atoms with Crippen LogP contribution in [0.25, 0.3) is 0 Å². The van der Waals surface area contributed by atoms with Crippen LogP contribution >= 0.6 is 38.9 Å². The monoisotopic (exact) mass is 393 g/mol. The quantitative estimate of drug-likeness (QED) is 0.706. The van der Waals surface area contributed by atoms with Crippen LogP contribution in [0.15, 0.2) is 28.7 Å². The van der Waals surface area contributed by atoms with Crippen LogP contribution in [0.1, 0.15) is 22.2 Å². The molecule has 1 heterocycles. The minimum atomic E-state index is -0.880. The van der Waals surface area contributed by atoms with Gasteiger partial charge >= 0.3 is 0 Å². The Morgan fingerprint density at radius 3 is 2.43 bits per heavy atom. The van der Waals surface area contributed by atoms with Crippen molar-refractivity contribution in [3.05, 3.63) is 55.1 Å². The molecule has 0 spiro atoms. The third kappa shape index (κ3) is 3.81. The minimum Gasteiger partial charge on any atom is -0.334 e. The van der Waals surface area contributed by atoms with E-state index in [-0.39, 0.29) is 11.0 Å². The van der Waals surface area contributed by atoms with Crippen LogP contribution in [-0.4, -0.2) is 17.4 Å². The molecule has 7 heteroatoms. The van der Waals surface area contributed by atoms with Crippen LogP contribution in [0.4, 0.5) is 8.78 Å². The highest BCUT2D eigenvalue weighted by atomic mass is 79.9. The zero-order valence-corrected chi connectivity index (χ0v) is 14.2. The Bertz CT molecular complexity index is 654. The maximum Gasteiger partial charge on any atom is 0.260 e. The lowest BCUT2D eigenvalue weighted by atomic mass is 10.1. The fourth-order valence-corrected chi connectivity index (χ4v) is 3.36. The summed E-state index contributed by atoms with van der Waals surface area (Å²) in [7, 11) is 0. The molecule has 21 heavy (non-hydrogen) atoms. The lowest BCUT2D eigenvalue weighted by Gasteiger charge is -2.20. The lowest BCUT2D eigenvalue weighted by molar-refractivity contribution is 0.0744. The fourth-order valence-electron chi connectivity index (χ4n) is 1.86. The van der Waals surface area contributed by atoms with E-state index >= 15 is 0 Å². The summed E-state index contributed by atoms with van der Waals surface area (Å²) in [6.07, 6.45) is 0.